The van der Waals surface area contributed by atoms with Gasteiger partial charge in [-0.1, -0.05) is 12.1 Å². The second-order valence-corrected chi connectivity index (χ2v) is 8.92. The van der Waals surface area contributed by atoms with E-state index in [-0.39, 0.29) is 12.2 Å². The third kappa shape index (κ3) is 3.61. The lowest BCUT2D eigenvalue weighted by atomic mass is 9.97. The molecule has 8 heteroatoms. The Labute approximate surface area is 191 Å². The quantitative estimate of drug-likeness (QED) is 0.445. The molecule has 1 aliphatic heterocycles. The summed E-state index contributed by atoms with van der Waals surface area (Å²) < 4.78 is 13.9. The molecule has 0 unspecified atom stereocenters. The highest BCUT2D eigenvalue weighted by atomic mass is 16.5. The Morgan fingerprint density at radius 3 is 2.73 bits per heavy atom. The molecular formula is C25H26N6O2. The van der Waals surface area contributed by atoms with E-state index in [0.717, 1.165) is 46.2 Å². The summed E-state index contributed by atoms with van der Waals surface area (Å²) in [6.45, 7) is 6.51. The summed E-state index contributed by atoms with van der Waals surface area (Å²) in [5, 5.41) is 15.4. The Morgan fingerprint density at radius 2 is 1.88 bits per heavy atom. The molecule has 0 amide bonds. The van der Waals surface area contributed by atoms with Crippen LogP contribution in [0, 0.1) is 0 Å². The summed E-state index contributed by atoms with van der Waals surface area (Å²) in [5.41, 5.74) is 5.25. The maximum absolute atomic E-state index is 6.18. The van der Waals surface area contributed by atoms with Crippen molar-refractivity contribution in [3.05, 3.63) is 54.7 Å². The fourth-order valence-electron chi connectivity index (χ4n) is 4.95. The van der Waals surface area contributed by atoms with E-state index >= 15 is 0 Å². The molecule has 0 bridgehead atoms. The summed E-state index contributed by atoms with van der Waals surface area (Å²) >= 11 is 0. The number of aryl methyl sites for hydroxylation is 1. The first-order valence-corrected chi connectivity index (χ1v) is 11.3. The van der Waals surface area contributed by atoms with Crippen molar-refractivity contribution in [3.8, 4) is 22.6 Å². The molecule has 0 radical (unpaired) electrons. The lowest BCUT2D eigenvalue weighted by molar-refractivity contribution is -0.0721. The van der Waals surface area contributed by atoms with Crippen LogP contribution in [0.4, 0.5) is 0 Å². The third-order valence-corrected chi connectivity index (χ3v) is 6.32. The number of ether oxygens (including phenoxy) is 1. The molecular weight excluding hydrogens is 416 g/mol. The minimum atomic E-state index is 0.194. The van der Waals surface area contributed by atoms with Crippen LogP contribution in [0.15, 0.2) is 53.2 Å². The number of benzene rings is 2. The van der Waals surface area contributed by atoms with Crippen molar-refractivity contribution in [2.75, 3.05) is 13.1 Å². The summed E-state index contributed by atoms with van der Waals surface area (Å²) in [5.74, 6) is 1.13. The molecule has 168 valence electrons. The van der Waals surface area contributed by atoms with E-state index in [0.29, 0.717) is 18.3 Å². The second-order valence-electron chi connectivity index (χ2n) is 8.92. The molecule has 6 rings (SSSR count). The van der Waals surface area contributed by atoms with Gasteiger partial charge in [0.2, 0.25) is 11.8 Å². The molecule has 2 atom stereocenters. The van der Waals surface area contributed by atoms with Crippen molar-refractivity contribution < 1.29 is 9.15 Å². The fourth-order valence-corrected chi connectivity index (χ4v) is 4.95. The Bertz CT molecular complexity index is 1440. The molecule has 5 aromatic rings. The lowest BCUT2D eigenvalue weighted by Crippen LogP contribution is -2.44. The van der Waals surface area contributed by atoms with Gasteiger partial charge in [-0.2, -0.15) is 5.10 Å². The van der Waals surface area contributed by atoms with E-state index in [2.05, 4.69) is 75.4 Å². The van der Waals surface area contributed by atoms with Crippen molar-refractivity contribution in [2.24, 2.45) is 7.05 Å². The van der Waals surface area contributed by atoms with Crippen LogP contribution in [0.5, 0.6) is 0 Å². The Hall–Kier alpha value is -3.49. The number of fused-ring (bicyclic) bond motifs is 2. The van der Waals surface area contributed by atoms with Gasteiger partial charge in [-0.05, 0) is 49.2 Å². The second kappa shape index (κ2) is 7.83. The van der Waals surface area contributed by atoms with Crippen LogP contribution < -0.4 is 0 Å². The zero-order valence-corrected chi connectivity index (χ0v) is 18.9. The zero-order valence-electron chi connectivity index (χ0n) is 18.9. The first kappa shape index (κ1) is 20.1. The Morgan fingerprint density at radius 1 is 1.03 bits per heavy atom. The molecule has 33 heavy (non-hydrogen) atoms. The Balaban J connectivity index is 1.41. The number of aromatic amines is 1. The molecule has 3 aromatic heterocycles. The molecule has 1 aliphatic rings. The van der Waals surface area contributed by atoms with E-state index in [4.69, 9.17) is 9.15 Å². The molecule has 4 heterocycles. The molecule has 1 N–H and O–H groups in total. The predicted octanol–water partition coefficient (Wildman–Crippen LogP) is 4.38. The monoisotopic (exact) mass is 442 g/mol. The van der Waals surface area contributed by atoms with Crippen molar-refractivity contribution in [1.82, 2.24) is 29.9 Å². The van der Waals surface area contributed by atoms with Crippen molar-refractivity contribution >= 4 is 21.8 Å². The van der Waals surface area contributed by atoms with Gasteiger partial charge in [0.15, 0.2) is 0 Å². The first-order valence-electron chi connectivity index (χ1n) is 11.3. The standard InChI is InChI=1S/C25H26N6O2/c1-15-12-31(13-16(2)32-15)14-24-28-29-25(33-24)20-9-17(10-23-21(20)11-27-30(23)3)18-5-4-6-22-19(18)7-8-26-22/h4-11,15-16,26H,12-14H2,1-3H3/t15-,16+. The zero-order chi connectivity index (χ0) is 22.5. The number of morpholine rings is 1. The summed E-state index contributed by atoms with van der Waals surface area (Å²) in [7, 11) is 1.95. The van der Waals surface area contributed by atoms with Crippen LogP contribution in [0.25, 0.3) is 44.4 Å². The highest BCUT2D eigenvalue weighted by Gasteiger charge is 2.24. The third-order valence-electron chi connectivity index (χ3n) is 6.32. The highest BCUT2D eigenvalue weighted by molar-refractivity contribution is 6.01. The number of rotatable bonds is 4. The number of H-pyrrole nitrogens is 1. The molecule has 1 saturated heterocycles. The average molecular weight is 443 g/mol. The number of nitrogens with zero attached hydrogens (tertiary/aromatic N) is 5. The van der Waals surface area contributed by atoms with Gasteiger partial charge in [-0.3, -0.25) is 9.58 Å². The number of aromatic nitrogens is 5. The fraction of sp³-hybridized carbons (Fsp3) is 0.320. The van der Waals surface area contributed by atoms with E-state index in [9.17, 15) is 0 Å². The summed E-state index contributed by atoms with van der Waals surface area (Å²) in [6, 6.07) is 12.7. The topological polar surface area (TPSA) is 85.0 Å². The molecule has 0 spiro atoms. The molecule has 1 fully saturated rings. The molecule has 0 saturated carbocycles. The minimum Gasteiger partial charge on any atom is -0.419 e. The maximum Gasteiger partial charge on any atom is 0.248 e. The van der Waals surface area contributed by atoms with Gasteiger partial charge in [0.05, 0.1) is 36.0 Å². The molecule has 2 aromatic carbocycles. The van der Waals surface area contributed by atoms with Gasteiger partial charge >= 0.3 is 0 Å². The van der Waals surface area contributed by atoms with Crippen molar-refractivity contribution in [2.45, 2.75) is 32.6 Å². The first-order chi connectivity index (χ1) is 16.0. The highest BCUT2D eigenvalue weighted by Crippen LogP contribution is 2.36. The largest absolute Gasteiger partial charge is 0.419 e. The van der Waals surface area contributed by atoms with Crippen LogP contribution in [-0.2, 0) is 18.3 Å². The number of nitrogens with one attached hydrogen (secondary N) is 1. The van der Waals surface area contributed by atoms with Crippen molar-refractivity contribution in [1.29, 1.82) is 0 Å². The van der Waals surface area contributed by atoms with Crippen LogP contribution in [-0.4, -0.2) is 55.2 Å². The van der Waals surface area contributed by atoms with Crippen LogP contribution >= 0.6 is 0 Å². The van der Waals surface area contributed by atoms with E-state index in [1.807, 2.05) is 24.1 Å². The summed E-state index contributed by atoms with van der Waals surface area (Å²) in [4.78, 5) is 5.60. The van der Waals surface area contributed by atoms with Gasteiger partial charge in [0.1, 0.15) is 0 Å². The summed E-state index contributed by atoms with van der Waals surface area (Å²) in [6.07, 6.45) is 4.22. The number of hydrogen-bond acceptors (Lipinski definition) is 6. The van der Waals surface area contributed by atoms with Gasteiger partial charge in [0.25, 0.3) is 0 Å². The van der Waals surface area contributed by atoms with E-state index < -0.39 is 0 Å². The van der Waals surface area contributed by atoms with Gasteiger partial charge in [0, 0.05) is 42.6 Å². The van der Waals surface area contributed by atoms with Crippen LogP contribution in [0.2, 0.25) is 0 Å². The average Bonchev–Trinajstić information content (AvgIpc) is 3.52. The van der Waals surface area contributed by atoms with E-state index in [1.165, 1.54) is 5.39 Å². The maximum atomic E-state index is 6.18. The minimum absolute atomic E-state index is 0.194. The van der Waals surface area contributed by atoms with Gasteiger partial charge in [-0.15, -0.1) is 10.2 Å². The molecule has 0 aliphatic carbocycles. The van der Waals surface area contributed by atoms with E-state index in [1.54, 1.807) is 0 Å². The van der Waals surface area contributed by atoms with Crippen LogP contribution in [0.1, 0.15) is 19.7 Å². The molecule has 8 nitrogen and oxygen atoms in total. The van der Waals surface area contributed by atoms with Gasteiger partial charge < -0.3 is 14.1 Å². The van der Waals surface area contributed by atoms with Gasteiger partial charge in [-0.25, -0.2) is 0 Å². The SMILES string of the molecule is C[C@@H]1CN(Cc2nnc(-c3cc(-c4cccc5[nH]ccc45)cc4c3cnn4C)o2)C[C@H](C)O1. The van der Waals surface area contributed by atoms with Crippen LogP contribution in [0.3, 0.4) is 0 Å². The number of hydrogen-bond donors (Lipinski definition) is 1. The smallest absolute Gasteiger partial charge is 0.248 e. The lowest BCUT2D eigenvalue weighted by Gasteiger charge is -2.34. The normalized spacial score (nSPS) is 19.6. The predicted molar refractivity (Wildman–Crippen MR) is 127 cm³/mol. The van der Waals surface area contributed by atoms with Crippen molar-refractivity contribution in [3.63, 3.8) is 0 Å². The Kier molecular flexibility index (Phi) is 4.78.